The maximum atomic E-state index is 10.4. The summed E-state index contributed by atoms with van der Waals surface area (Å²) < 4.78 is 0. The Morgan fingerprint density at radius 1 is 1.53 bits per heavy atom. The van der Waals surface area contributed by atoms with Crippen LogP contribution in [0.1, 0.15) is 37.5 Å². The zero-order chi connectivity index (χ0) is 12.3. The number of hydrogen-bond donors (Lipinski definition) is 2. The summed E-state index contributed by atoms with van der Waals surface area (Å²) in [4.78, 5) is 1.22. The number of hydrogen-bond acceptors (Lipinski definition) is 3. The van der Waals surface area contributed by atoms with Crippen molar-refractivity contribution >= 4 is 22.9 Å². The summed E-state index contributed by atoms with van der Waals surface area (Å²) in [7, 11) is 0. The summed E-state index contributed by atoms with van der Waals surface area (Å²) in [5.41, 5.74) is -0.492. The van der Waals surface area contributed by atoms with Crippen molar-refractivity contribution in [2.45, 2.75) is 44.8 Å². The first kappa shape index (κ1) is 13.3. The normalized spacial score (nSPS) is 29.5. The third-order valence-electron chi connectivity index (χ3n) is 3.58. The van der Waals surface area contributed by atoms with Crippen LogP contribution < -0.4 is 5.32 Å². The molecule has 96 valence electrons. The van der Waals surface area contributed by atoms with Gasteiger partial charge in [0.05, 0.1) is 10.6 Å². The van der Waals surface area contributed by atoms with E-state index in [2.05, 4.69) is 12.2 Å². The van der Waals surface area contributed by atoms with Gasteiger partial charge >= 0.3 is 0 Å². The van der Waals surface area contributed by atoms with Gasteiger partial charge < -0.3 is 10.4 Å². The fourth-order valence-electron chi connectivity index (χ4n) is 2.34. The Kier molecular flexibility index (Phi) is 4.47. The van der Waals surface area contributed by atoms with Crippen molar-refractivity contribution in [3.63, 3.8) is 0 Å². The Labute approximate surface area is 112 Å². The third kappa shape index (κ3) is 3.95. The van der Waals surface area contributed by atoms with Crippen LogP contribution in [0, 0.1) is 5.92 Å². The standard InChI is InChI=1S/C13H20ClNOS/c1-10-2-4-13(16,5-3-10)9-15-7-12-6-11(14)8-17-12/h6,8,10,15-16H,2-5,7,9H2,1H3. The van der Waals surface area contributed by atoms with Crippen LogP contribution in [-0.4, -0.2) is 17.3 Å². The molecule has 2 nitrogen and oxygen atoms in total. The van der Waals surface area contributed by atoms with Crippen molar-refractivity contribution in [1.82, 2.24) is 5.32 Å². The molecule has 1 aliphatic rings. The predicted octanol–water partition coefficient (Wildman–Crippen LogP) is 3.43. The van der Waals surface area contributed by atoms with Crippen LogP contribution in [0.3, 0.4) is 0 Å². The Morgan fingerprint density at radius 2 is 2.24 bits per heavy atom. The first-order chi connectivity index (χ1) is 8.07. The molecule has 17 heavy (non-hydrogen) atoms. The minimum absolute atomic E-state index is 0.492. The molecule has 0 radical (unpaired) electrons. The monoisotopic (exact) mass is 273 g/mol. The molecule has 0 atom stereocenters. The van der Waals surface area contributed by atoms with E-state index in [4.69, 9.17) is 11.6 Å². The molecule has 0 aliphatic heterocycles. The van der Waals surface area contributed by atoms with Gasteiger partial charge in [0, 0.05) is 23.3 Å². The van der Waals surface area contributed by atoms with Crippen LogP contribution in [-0.2, 0) is 6.54 Å². The number of aliphatic hydroxyl groups is 1. The highest BCUT2D eigenvalue weighted by atomic mass is 35.5. The van der Waals surface area contributed by atoms with E-state index in [0.717, 1.165) is 43.2 Å². The van der Waals surface area contributed by atoms with Gasteiger partial charge in [0.2, 0.25) is 0 Å². The summed E-state index contributed by atoms with van der Waals surface area (Å²) in [5, 5.41) is 16.5. The van der Waals surface area contributed by atoms with Gasteiger partial charge in [-0.25, -0.2) is 0 Å². The molecule has 0 aromatic carbocycles. The zero-order valence-corrected chi connectivity index (χ0v) is 11.8. The van der Waals surface area contributed by atoms with Crippen molar-refractivity contribution < 1.29 is 5.11 Å². The Hall–Kier alpha value is -0.0900. The van der Waals surface area contributed by atoms with Crippen LogP contribution in [0.4, 0.5) is 0 Å². The van der Waals surface area contributed by atoms with Crippen LogP contribution in [0.2, 0.25) is 5.02 Å². The van der Waals surface area contributed by atoms with Crippen LogP contribution in [0.5, 0.6) is 0 Å². The van der Waals surface area contributed by atoms with E-state index in [1.165, 1.54) is 4.88 Å². The molecule has 1 aromatic rings. The smallest absolute Gasteiger partial charge is 0.0771 e. The molecule has 1 fully saturated rings. The van der Waals surface area contributed by atoms with Gasteiger partial charge in [-0.15, -0.1) is 11.3 Å². The molecule has 0 amide bonds. The highest BCUT2D eigenvalue weighted by Gasteiger charge is 2.31. The van der Waals surface area contributed by atoms with Crippen molar-refractivity contribution in [2.24, 2.45) is 5.92 Å². The minimum Gasteiger partial charge on any atom is -0.389 e. The van der Waals surface area contributed by atoms with Crippen molar-refractivity contribution in [3.05, 3.63) is 21.3 Å². The molecular formula is C13H20ClNOS. The first-order valence-electron chi connectivity index (χ1n) is 6.23. The largest absolute Gasteiger partial charge is 0.389 e. The Bertz CT molecular complexity index is 358. The SMILES string of the molecule is CC1CCC(O)(CNCc2cc(Cl)cs2)CC1. The maximum absolute atomic E-state index is 10.4. The number of nitrogens with one attached hydrogen (secondary N) is 1. The average Bonchev–Trinajstić information content (AvgIpc) is 2.69. The molecule has 0 spiro atoms. The molecule has 4 heteroatoms. The van der Waals surface area contributed by atoms with Crippen molar-refractivity contribution in [3.8, 4) is 0 Å². The summed E-state index contributed by atoms with van der Waals surface area (Å²) in [6.45, 7) is 3.76. The summed E-state index contributed by atoms with van der Waals surface area (Å²) in [6, 6.07) is 1.98. The van der Waals surface area contributed by atoms with Gasteiger partial charge in [0.25, 0.3) is 0 Å². The quantitative estimate of drug-likeness (QED) is 0.881. The molecule has 0 bridgehead atoms. The highest BCUT2D eigenvalue weighted by molar-refractivity contribution is 7.10. The molecular weight excluding hydrogens is 254 g/mol. The summed E-state index contributed by atoms with van der Waals surface area (Å²) >= 11 is 7.52. The summed E-state index contributed by atoms with van der Waals surface area (Å²) in [5.74, 6) is 0.770. The lowest BCUT2D eigenvalue weighted by Gasteiger charge is -2.35. The summed E-state index contributed by atoms with van der Waals surface area (Å²) in [6.07, 6.45) is 4.13. The Balaban J connectivity index is 1.74. The number of halogens is 1. The highest BCUT2D eigenvalue weighted by Crippen LogP contribution is 2.31. The van der Waals surface area contributed by atoms with Crippen molar-refractivity contribution in [1.29, 1.82) is 0 Å². The molecule has 1 saturated carbocycles. The minimum atomic E-state index is -0.492. The lowest BCUT2D eigenvalue weighted by Crippen LogP contribution is -2.43. The van der Waals surface area contributed by atoms with Crippen LogP contribution in [0.25, 0.3) is 0 Å². The van der Waals surface area contributed by atoms with E-state index in [0.29, 0.717) is 6.54 Å². The van der Waals surface area contributed by atoms with Gasteiger partial charge in [-0.1, -0.05) is 18.5 Å². The average molecular weight is 274 g/mol. The first-order valence-corrected chi connectivity index (χ1v) is 7.49. The van der Waals surface area contributed by atoms with Gasteiger partial charge in [-0.2, -0.15) is 0 Å². The molecule has 1 aromatic heterocycles. The maximum Gasteiger partial charge on any atom is 0.0771 e. The van der Waals surface area contributed by atoms with Gasteiger partial charge in [0.15, 0.2) is 0 Å². The van der Waals surface area contributed by atoms with Crippen molar-refractivity contribution in [2.75, 3.05) is 6.54 Å². The van der Waals surface area contributed by atoms with Crippen LogP contribution >= 0.6 is 22.9 Å². The molecule has 2 N–H and O–H groups in total. The number of thiophene rings is 1. The topological polar surface area (TPSA) is 32.3 Å². The molecule has 0 saturated heterocycles. The molecule has 1 aliphatic carbocycles. The lowest BCUT2D eigenvalue weighted by atomic mass is 9.79. The van der Waals surface area contributed by atoms with E-state index in [9.17, 15) is 5.11 Å². The second-order valence-electron chi connectivity index (χ2n) is 5.24. The van der Waals surface area contributed by atoms with E-state index in [-0.39, 0.29) is 0 Å². The molecule has 2 rings (SSSR count). The van der Waals surface area contributed by atoms with E-state index in [1.54, 1.807) is 11.3 Å². The van der Waals surface area contributed by atoms with Crippen LogP contribution in [0.15, 0.2) is 11.4 Å². The van der Waals surface area contributed by atoms with E-state index in [1.807, 2.05) is 11.4 Å². The predicted molar refractivity (Wildman–Crippen MR) is 73.6 cm³/mol. The fourth-order valence-corrected chi connectivity index (χ4v) is 3.38. The Morgan fingerprint density at radius 3 is 2.82 bits per heavy atom. The van der Waals surface area contributed by atoms with Gasteiger partial charge in [0.1, 0.15) is 0 Å². The van der Waals surface area contributed by atoms with Gasteiger partial charge in [-0.05, 0) is 37.7 Å². The van der Waals surface area contributed by atoms with Gasteiger partial charge in [-0.3, -0.25) is 0 Å². The molecule has 1 heterocycles. The zero-order valence-electron chi connectivity index (χ0n) is 10.2. The molecule has 0 unspecified atom stereocenters. The fraction of sp³-hybridized carbons (Fsp3) is 0.692. The third-order valence-corrected chi connectivity index (χ3v) is 4.86. The lowest BCUT2D eigenvalue weighted by molar-refractivity contribution is -0.00625. The second-order valence-corrected chi connectivity index (χ2v) is 6.67. The van der Waals surface area contributed by atoms with E-state index >= 15 is 0 Å². The second kappa shape index (κ2) is 5.70. The number of rotatable bonds is 4. The van der Waals surface area contributed by atoms with E-state index < -0.39 is 5.60 Å².